The van der Waals surface area contributed by atoms with Gasteiger partial charge in [0.1, 0.15) is 0 Å². The van der Waals surface area contributed by atoms with E-state index < -0.39 is 0 Å². The highest BCUT2D eigenvalue weighted by Gasteiger charge is 2.18. The van der Waals surface area contributed by atoms with Gasteiger partial charge in [0.25, 0.3) is 0 Å². The van der Waals surface area contributed by atoms with Gasteiger partial charge < -0.3 is 0 Å². The zero-order chi connectivity index (χ0) is 17.9. The van der Waals surface area contributed by atoms with Crippen molar-refractivity contribution >= 4 is 0 Å². The molecule has 0 saturated heterocycles. The van der Waals surface area contributed by atoms with E-state index >= 15 is 0 Å². The molecule has 136 valence electrons. The molecule has 0 aromatic rings. The molecule has 0 amide bonds. The molecule has 0 fully saturated rings. The maximum Gasteiger partial charge on any atom is 0.0658 e. The largest absolute Gasteiger partial charge is 0.198 e. The van der Waals surface area contributed by atoms with Gasteiger partial charge in [0, 0.05) is 5.92 Å². The van der Waals surface area contributed by atoms with Gasteiger partial charge in [-0.05, 0) is 29.6 Å². The number of hydrogen-bond acceptors (Lipinski definition) is 1. The van der Waals surface area contributed by atoms with Gasteiger partial charge in [-0.3, -0.25) is 0 Å². The van der Waals surface area contributed by atoms with E-state index in [4.69, 9.17) is 5.26 Å². The van der Waals surface area contributed by atoms with Crippen LogP contribution in [0.15, 0.2) is 0 Å². The molecule has 0 heterocycles. The van der Waals surface area contributed by atoms with Gasteiger partial charge in [-0.1, -0.05) is 96.4 Å². The summed E-state index contributed by atoms with van der Waals surface area (Å²) in [5.41, 5.74) is 1.24. The summed E-state index contributed by atoms with van der Waals surface area (Å²) in [7, 11) is 0. The topological polar surface area (TPSA) is 23.8 Å². The van der Waals surface area contributed by atoms with Crippen LogP contribution < -0.4 is 0 Å². The summed E-state index contributed by atoms with van der Waals surface area (Å²) >= 11 is 0. The molecule has 0 radical (unpaired) electrons. The molecular formula is C21H47N. The van der Waals surface area contributed by atoms with Gasteiger partial charge in [-0.2, -0.15) is 5.26 Å². The van der Waals surface area contributed by atoms with Crippen LogP contribution in [0, 0.1) is 33.5 Å². The molecule has 1 atom stereocenters. The van der Waals surface area contributed by atoms with E-state index in [9.17, 15) is 0 Å². The van der Waals surface area contributed by atoms with Crippen molar-refractivity contribution < 1.29 is 0 Å². The average Bonchev–Trinajstić information content (AvgIpc) is 2.25. The highest BCUT2D eigenvalue weighted by atomic mass is 14.3. The predicted molar refractivity (Wildman–Crippen MR) is 105 cm³/mol. The van der Waals surface area contributed by atoms with Crippen LogP contribution in [0.4, 0.5) is 0 Å². The molecule has 0 rings (SSSR count). The second kappa shape index (κ2) is 13.0. The molecule has 0 aromatic heterocycles. The first-order chi connectivity index (χ1) is 9.10. The van der Waals surface area contributed by atoms with Crippen molar-refractivity contribution in [2.75, 3.05) is 0 Å². The Bertz CT molecular complexity index is 262. The minimum Gasteiger partial charge on any atom is -0.198 e. The molecule has 0 aromatic carbocycles. The number of rotatable bonds is 1. The fourth-order valence-electron chi connectivity index (χ4n) is 0.944. The normalized spacial score (nSPS) is 12.5. The summed E-state index contributed by atoms with van der Waals surface area (Å²) < 4.78 is 0. The summed E-state index contributed by atoms with van der Waals surface area (Å²) in [5.74, 6) is 0.155. The van der Waals surface area contributed by atoms with Crippen molar-refractivity contribution in [3.8, 4) is 6.07 Å². The summed E-state index contributed by atoms with van der Waals surface area (Å²) in [6.07, 6.45) is 3.92. The Labute approximate surface area is 143 Å². The van der Waals surface area contributed by atoms with E-state index in [0.29, 0.717) is 10.8 Å². The lowest BCUT2D eigenvalue weighted by Gasteiger charge is -2.19. The van der Waals surface area contributed by atoms with Crippen LogP contribution in [-0.2, 0) is 0 Å². The Morgan fingerprint density at radius 2 is 1.14 bits per heavy atom. The molecule has 1 unspecified atom stereocenters. The van der Waals surface area contributed by atoms with E-state index in [1.165, 1.54) is 19.3 Å². The molecule has 0 N–H and O–H groups in total. The zero-order valence-electron chi connectivity index (χ0n) is 17.1. The first kappa shape index (κ1) is 29.5. The Morgan fingerprint density at radius 1 is 0.818 bits per heavy atom. The first-order valence-corrected chi connectivity index (χ1v) is 8.50. The maximum atomic E-state index is 8.42. The quantitative estimate of drug-likeness (QED) is 0.479. The second-order valence-corrected chi connectivity index (χ2v) is 9.44. The number of nitriles is 1. The third kappa shape index (κ3) is 31.7. The van der Waals surface area contributed by atoms with Crippen LogP contribution in [0.5, 0.6) is 0 Å². The Morgan fingerprint density at radius 3 is 1.14 bits per heavy atom. The van der Waals surface area contributed by atoms with Crippen LogP contribution in [0.1, 0.15) is 110 Å². The van der Waals surface area contributed by atoms with Crippen LogP contribution in [0.2, 0.25) is 0 Å². The fraction of sp³-hybridized carbons (Fsp3) is 0.952. The van der Waals surface area contributed by atoms with E-state index in [-0.39, 0.29) is 18.8 Å². The lowest BCUT2D eigenvalue weighted by Crippen LogP contribution is -2.14. The molecule has 22 heavy (non-hydrogen) atoms. The smallest absolute Gasteiger partial charge is 0.0658 e. The van der Waals surface area contributed by atoms with Gasteiger partial charge in [0.2, 0.25) is 0 Å². The van der Waals surface area contributed by atoms with Crippen molar-refractivity contribution in [3.63, 3.8) is 0 Å². The van der Waals surface area contributed by atoms with Crippen molar-refractivity contribution in [1.29, 1.82) is 5.26 Å². The zero-order valence-corrected chi connectivity index (χ0v) is 17.1. The molecule has 0 bridgehead atoms. The molecular weight excluding hydrogens is 266 g/mol. The van der Waals surface area contributed by atoms with Gasteiger partial charge in [-0.15, -0.1) is 0 Å². The molecule has 1 nitrogen and oxygen atoms in total. The van der Waals surface area contributed by atoms with E-state index in [1.54, 1.807) is 0 Å². The van der Waals surface area contributed by atoms with Gasteiger partial charge in [-0.25, -0.2) is 0 Å². The summed E-state index contributed by atoms with van der Waals surface area (Å²) in [5, 5.41) is 8.42. The third-order valence-corrected chi connectivity index (χ3v) is 3.55. The first-order valence-electron chi connectivity index (χ1n) is 8.50. The SMILES string of the molecule is C.CC(C#N)C(C)(C)C.CCC(C)(C)C.CCCC(C)(C)C. The summed E-state index contributed by atoms with van der Waals surface area (Å²) in [6.45, 7) is 26.1. The molecule has 1 heteroatoms. The standard InChI is InChI=1S/C7H13N.C7H16.C6H14.CH4/c1-6(5-8)7(2,3)4;1-5-6-7(2,3)4;1-5-6(2,3)4;/h6H,1-4H3;5-6H2,1-4H3;5H2,1-4H3;1H4. The molecule has 0 spiro atoms. The monoisotopic (exact) mass is 313 g/mol. The van der Waals surface area contributed by atoms with E-state index in [1.807, 2.05) is 6.92 Å². The summed E-state index contributed by atoms with van der Waals surface area (Å²) in [6, 6.07) is 2.20. The van der Waals surface area contributed by atoms with E-state index in [0.717, 1.165) is 0 Å². The van der Waals surface area contributed by atoms with Crippen molar-refractivity contribution in [1.82, 2.24) is 0 Å². The average molecular weight is 314 g/mol. The predicted octanol–water partition coefficient (Wildman–Crippen LogP) is 8.10. The third-order valence-electron chi connectivity index (χ3n) is 3.55. The minimum absolute atomic E-state index is 0. The summed E-state index contributed by atoms with van der Waals surface area (Å²) in [4.78, 5) is 0. The van der Waals surface area contributed by atoms with Crippen LogP contribution in [0.3, 0.4) is 0 Å². The van der Waals surface area contributed by atoms with Crippen molar-refractivity contribution in [2.45, 2.75) is 110 Å². The second-order valence-electron chi connectivity index (χ2n) is 9.44. The lowest BCUT2D eigenvalue weighted by molar-refractivity contribution is 0.322. The highest BCUT2D eigenvalue weighted by molar-refractivity contribution is 4.87. The van der Waals surface area contributed by atoms with Crippen LogP contribution in [-0.4, -0.2) is 0 Å². The van der Waals surface area contributed by atoms with Crippen molar-refractivity contribution in [2.24, 2.45) is 22.2 Å². The van der Waals surface area contributed by atoms with Crippen LogP contribution >= 0.6 is 0 Å². The Balaban J connectivity index is -0.000000109. The number of nitrogens with zero attached hydrogens (tertiary/aromatic N) is 1. The fourth-order valence-corrected chi connectivity index (χ4v) is 0.944. The number of hydrogen-bond donors (Lipinski definition) is 0. The molecule has 0 aliphatic rings. The van der Waals surface area contributed by atoms with Gasteiger partial charge >= 0.3 is 0 Å². The van der Waals surface area contributed by atoms with E-state index in [2.05, 4.69) is 82.2 Å². The minimum atomic E-state index is 0. The van der Waals surface area contributed by atoms with Crippen molar-refractivity contribution in [3.05, 3.63) is 0 Å². The Hall–Kier alpha value is -0.510. The van der Waals surface area contributed by atoms with Gasteiger partial charge in [0.05, 0.1) is 6.07 Å². The highest BCUT2D eigenvalue weighted by Crippen LogP contribution is 2.23. The van der Waals surface area contributed by atoms with Crippen LogP contribution in [0.25, 0.3) is 0 Å². The lowest BCUT2D eigenvalue weighted by atomic mass is 9.83. The maximum absolute atomic E-state index is 8.42. The van der Waals surface area contributed by atoms with Gasteiger partial charge in [0.15, 0.2) is 0 Å². The molecule has 0 aliphatic heterocycles. The molecule has 0 saturated carbocycles. The Kier molecular flexibility index (Phi) is 17.4. The molecule has 0 aliphatic carbocycles.